The fraction of sp³-hybridized carbons (Fsp3) is 0.667. The predicted octanol–water partition coefficient (Wildman–Crippen LogP) is 2.84. The molecule has 1 aliphatic rings. The Morgan fingerprint density at radius 3 is 3.06 bits per heavy atom. The van der Waals surface area contributed by atoms with E-state index in [9.17, 15) is 0 Å². The second-order valence-electron chi connectivity index (χ2n) is 4.99. The van der Waals surface area contributed by atoms with Crippen LogP contribution in [0, 0.1) is 5.41 Å². The molecule has 0 bridgehead atoms. The number of fused-ring (bicyclic) bond motifs is 1. The zero-order chi connectivity index (χ0) is 12.5. The highest BCUT2D eigenvalue weighted by atomic mass is 32.1. The molecule has 0 spiro atoms. The summed E-state index contributed by atoms with van der Waals surface area (Å²) in [7, 11) is 0. The molecule has 0 unspecified atom stereocenters. The van der Waals surface area contributed by atoms with E-state index in [1.165, 1.54) is 36.3 Å². The summed E-state index contributed by atoms with van der Waals surface area (Å²) in [4.78, 5) is 6.02. The fourth-order valence-corrected chi connectivity index (χ4v) is 3.88. The highest BCUT2D eigenvalue weighted by molar-refractivity contribution is 7.15. The molecule has 0 saturated heterocycles. The Morgan fingerprint density at radius 2 is 2.41 bits per heavy atom. The first-order chi connectivity index (χ1) is 8.05. The molecule has 0 radical (unpaired) electrons. The smallest absolute Gasteiger partial charge is 0.192 e. The lowest BCUT2D eigenvalue weighted by Gasteiger charge is -2.32. The maximum atomic E-state index is 7.25. The molecule has 1 heterocycles. The summed E-state index contributed by atoms with van der Waals surface area (Å²) >= 11 is 1.65. The minimum absolute atomic E-state index is 0.0340. The van der Waals surface area contributed by atoms with Crippen LogP contribution in [0.5, 0.6) is 0 Å². The van der Waals surface area contributed by atoms with E-state index < -0.39 is 0 Å². The van der Waals surface area contributed by atoms with Gasteiger partial charge in [-0.05, 0) is 25.7 Å². The van der Waals surface area contributed by atoms with Gasteiger partial charge in [0.2, 0.25) is 0 Å². The van der Waals surface area contributed by atoms with E-state index in [1.807, 2.05) is 0 Å². The van der Waals surface area contributed by atoms with Gasteiger partial charge in [-0.3, -0.25) is 5.41 Å². The topological polar surface area (TPSA) is 74.8 Å². The summed E-state index contributed by atoms with van der Waals surface area (Å²) in [5.41, 5.74) is 6.80. The third-order valence-corrected chi connectivity index (χ3v) is 4.48. The summed E-state index contributed by atoms with van der Waals surface area (Å²) in [6.45, 7) is 4.53. The third-order valence-electron chi connectivity index (χ3n) is 3.44. The Kier molecular flexibility index (Phi) is 3.38. The molecule has 1 aromatic rings. The number of nitrogens with one attached hydrogen (secondary N) is 2. The Labute approximate surface area is 106 Å². The van der Waals surface area contributed by atoms with Gasteiger partial charge in [-0.2, -0.15) is 0 Å². The molecule has 0 amide bonds. The van der Waals surface area contributed by atoms with Crippen molar-refractivity contribution in [3.63, 3.8) is 0 Å². The molecular formula is C12H20N4S. The number of hydrogen-bond acceptors (Lipinski definition) is 3. The van der Waals surface area contributed by atoms with E-state index in [-0.39, 0.29) is 11.4 Å². The summed E-state index contributed by atoms with van der Waals surface area (Å²) in [5.74, 6) is -0.0340. The monoisotopic (exact) mass is 252 g/mol. The molecule has 0 aromatic carbocycles. The molecule has 5 heteroatoms. The largest absolute Gasteiger partial charge is 0.370 e. The van der Waals surface area contributed by atoms with Crippen LogP contribution in [0.1, 0.15) is 50.1 Å². The zero-order valence-corrected chi connectivity index (χ0v) is 11.3. The van der Waals surface area contributed by atoms with Crippen LogP contribution in [0.4, 0.5) is 5.13 Å². The second kappa shape index (κ2) is 4.64. The zero-order valence-electron chi connectivity index (χ0n) is 10.5. The lowest BCUT2D eigenvalue weighted by Crippen LogP contribution is -2.27. The normalized spacial score (nSPS) is 23.2. The van der Waals surface area contributed by atoms with Crippen LogP contribution in [-0.2, 0) is 11.8 Å². The maximum Gasteiger partial charge on any atom is 0.192 e. The molecule has 0 fully saturated rings. The van der Waals surface area contributed by atoms with Crippen LogP contribution in [0.3, 0.4) is 0 Å². The fourth-order valence-electron chi connectivity index (χ4n) is 2.71. The number of aromatic nitrogens is 1. The van der Waals surface area contributed by atoms with Gasteiger partial charge in [0.15, 0.2) is 11.1 Å². The van der Waals surface area contributed by atoms with Crippen LogP contribution in [0.2, 0.25) is 0 Å². The third kappa shape index (κ3) is 2.44. The number of rotatable bonds is 3. The quantitative estimate of drug-likeness (QED) is 0.572. The Morgan fingerprint density at radius 1 is 1.65 bits per heavy atom. The van der Waals surface area contributed by atoms with Crippen LogP contribution in [0.15, 0.2) is 0 Å². The summed E-state index contributed by atoms with van der Waals surface area (Å²) in [5, 5.41) is 10.8. The van der Waals surface area contributed by atoms with Gasteiger partial charge in [0.1, 0.15) is 0 Å². The molecule has 17 heavy (non-hydrogen) atoms. The van der Waals surface area contributed by atoms with E-state index in [1.54, 1.807) is 11.3 Å². The van der Waals surface area contributed by atoms with Crippen molar-refractivity contribution in [3.8, 4) is 0 Å². The van der Waals surface area contributed by atoms with Gasteiger partial charge >= 0.3 is 0 Å². The number of guanidine groups is 1. The first-order valence-electron chi connectivity index (χ1n) is 6.16. The number of thiazole rings is 1. The lowest BCUT2D eigenvalue weighted by molar-refractivity contribution is 0.357. The average Bonchev–Trinajstić information content (AvgIpc) is 2.61. The van der Waals surface area contributed by atoms with Crippen molar-refractivity contribution in [3.05, 3.63) is 10.6 Å². The minimum atomic E-state index is -0.0340. The van der Waals surface area contributed by atoms with Gasteiger partial charge in [0.25, 0.3) is 0 Å². The first kappa shape index (κ1) is 12.4. The van der Waals surface area contributed by atoms with Crippen LogP contribution < -0.4 is 11.1 Å². The SMILES string of the molecule is CCC[C@@]1(C)CCCc2sc(NC(=N)N)nc21. The molecule has 0 aliphatic heterocycles. The van der Waals surface area contributed by atoms with Crippen molar-refractivity contribution < 1.29 is 0 Å². The second-order valence-corrected chi connectivity index (χ2v) is 6.08. The van der Waals surface area contributed by atoms with Crippen molar-refractivity contribution in [1.29, 1.82) is 5.41 Å². The standard InChI is InChI=1S/C12H20N4S/c1-3-6-12(2)7-4-5-8-9(12)15-11(17-8)16-10(13)14/h3-7H2,1-2H3,(H4,13,14,15,16)/t12-/m0/s1. The molecule has 1 atom stereocenters. The van der Waals surface area contributed by atoms with E-state index in [2.05, 4.69) is 24.1 Å². The van der Waals surface area contributed by atoms with Gasteiger partial charge in [-0.1, -0.05) is 20.3 Å². The van der Waals surface area contributed by atoms with Gasteiger partial charge < -0.3 is 11.1 Å². The number of hydrogen-bond donors (Lipinski definition) is 3. The van der Waals surface area contributed by atoms with Crippen LogP contribution >= 0.6 is 11.3 Å². The molecule has 4 N–H and O–H groups in total. The van der Waals surface area contributed by atoms with Gasteiger partial charge in [-0.25, -0.2) is 4.98 Å². The minimum Gasteiger partial charge on any atom is -0.370 e. The lowest BCUT2D eigenvalue weighted by atomic mass is 9.74. The molecule has 4 nitrogen and oxygen atoms in total. The summed E-state index contributed by atoms with van der Waals surface area (Å²) in [6, 6.07) is 0. The predicted molar refractivity (Wildman–Crippen MR) is 72.8 cm³/mol. The molecule has 1 aliphatic carbocycles. The van der Waals surface area contributed by atoms with Crippen molar-refractivity contribution >= 4 is 22.4 Å². The highest BCUT2D eigenvalue weighted by Gasteiger charge is 2.34. The van der Waals surface area contributed by atoms with E-state index in [4.69, 9.17) is 11.1 Å². The van der Waals surface area contributed by atoms with Crippen molar-refractivity contribution in [1.82, 2.24) is 4.98 Å². The van der Waals surface area contributed by atoms with Gasteiger partial charge in [0, 0.05) is 10.3 Å². The molecule has 94 valence electrons. The van der Waals surface area contributed by atoms with E-state index >= 15 is 0 Å². The first-order valence-corrected chi connectivity index (χ1v) is 6.98. The van der Waals surface area contributed by atoms with Crippen molar-refractivity contribution in [2.75, 3.05) is 5.32 Å². The maximum absolute atomic E-state index is 7.25. The number of aryl methyl sites for hydroxylation is 1. The van der Waals surface area contributed by atoms with Gasteiger partial charge in [0.05, 0.1) is 5.69 Å². The average molecular weight is 252 g/mol. The molecule has 1 aromatic heterocycles. The molecule has 0 saturated carbocycles. The Bertz CT molecular complexity index is 426. The van der Waals surface area contributed by atoms with Gasteiger partial charge in [-0.15, -0.1) is 11.3 Å². The Balaban J connectivity index is 2.31. The summed E-state index contributed by atoms with van der Waals surface area (Å²) in [6.07, 6.45) is 5.94. The molecule has 2 rings (SSSR count). The van der Waals surface area contributed by atoms with Crippen molar-refractivity contribution in [2.24, 2.45) is 5.73 Å². The number of nitrogens with zero attached hydrogens (tertiary/aromatic N) is 1. The summed E-state index contributed by atoms with van der Waals surface area (Å²) < 4.78 is 0. The highest BCUT2D eigenvalue weighted by Crippen LogP contribution is 2.43. The Hall–Kier alpha value is -1.10. The van der Waals surface area contributed by atoms with E-state index in [0.29, 0.717) is 0 Å². The molecular weight excluding hydrogens is 232 g/mol. The van der Waals surface area contributed by atoms with Crippen LogP contribution in [-0.4, -0.2) is 10.9 Å². The van der Waals surface area contributed by atoms with Crippen molar-refractivity contribution in [2.45, 2.75) is 51.4 Å². The number of anilines is 1. The number of nitrogens with two attached hydrogens (primary N) is 1. The van der Waals surface area contributed by atoms with Crippen LogP contribution in [0.25, 0.3) is 0 Å². The van der Waals surface area contributed by atoms with E-state index in [0.717, 1.165) is 11.6 Å².